The number of thioether (sulfide) groups is 1. The Morgan fingerprint density at radius 2 is 2.25 bits per heavy atom. The summed E-state index contributed by atoms with van der Waals surface area (Å²) in [6.07, 6.45) is 1.88. The fraction of sp³-hybridized carbons (Fsp3) is 0.300. The molecule has 0 saturated carbocycles. The molecule has 6 heteroatoms. The van der Waals surface area contributed by atoms with E-state index in [1.54, 1.807) is 6.07 Å². The Morgan fingerprint density at radius 3 is 2.62 bits per heavy atom. The lowest BCUT2D eigenvalue weighted by Gasteiger charge is -2.09. The van der Waals surface area contributed by atoms with Crippen LogP contribution in [0.15, 0.2) is 23.4 Å². The maximum absolute atomic E-state index is 11.0. The zero-order valence-electron chi connectivity index (χ0n) is 8.71. The Hall–Kier alpha value is -1.56. The first kappa shape index (κ1) is 12.5. The number of nitrogens with two attached hydrogens (primary N) is 1. The van der Waals surface area contributed by atoms with E-state index in [2.05, 4.69) is 4.98 Å². The van der Waals surface area contributed by atoms with E-state index in [-0.39, 0.29) is 10.8 Å². The summed E-state index contributed by atoms with van der Waals surface area (Å²) < 4.78 is 0. The molecule has 3 N–H and O–H groups in total. The molecule has 1 heterocycles. The number of rotatable bonds is 5. The van der Waals surface area contributed by atoms with Crippen LogP contribution in [0.4, 0.5) is 0 Å². The third-order valence-electron chi connectivity index (χ3n) is 1.93. The monoisotopic (exact) mass is 240 g/mol. The largest absolute Gasteiger partial charge is 0.478 e. The van der Waals surface area contributed by atoms with E-state index in [4.69, 9.17) is 10.8 Å². The van der Waals surface area contributed by atoms with Crippen LogP contribution in [0.5, 0.6) is 0 Å². The first-order valence-electron chi connectivity index (χ1n) is 4.70. The summed E-state index contributed by atoms with van der Waals surface area (Å²) in [5.41, 5.74) is 5.31. The molecular formula is C10H12N2O3S. The average Bonchev–Trinajstić information content (AvgIpc) is 2.26. The Morgan fingerprint density at radius 1 is 1.56 bits per heavy atom. The van der Waals surface area contributed by atoms with Gasteiger partial charge in [0.25, 0.3) is 0 Å². The normalized spacial score (nSPS) is 12.1. The Balaban J connectivity index is 2.75. The van der Waals surface area contributed by atoms with Crippen molar-refractivity contribution in [2.24, 2.45) is 5.73 Å². The number of aromatic nitrogens is 1. The van der Waals surface area contributed by atoms with Crippen LogP contribution in [0.1, 0.15) is 23.7 Å². The predicted molar refractivity (Wildman–Crippen MR) is 60.3 cm³/mol. The first-order chi connectivity index (χ1) is 7.54. The third-order valence-corrected chi connectivity index (χ3v) is 3.27. The van der Waals surface area contributed by atoms with Gasteiger partial charge in [0.05, 0.1) is 15.8 Å². The van der Waals surface area contributed by atoms with Crippen molar-refractivity contribution in [3.05, 3.63) is 23.9 Å². The van der Waals surface area contributed by atoms with Crippen molar-refractivity contribution >= 4 is 23.6 Å². The summed E-state index contributed by atoms with van der Waals surface area (Å²) in [4.78, 5) is 25.5. The smallest absolute Gasteiger partial charge is 0.337 e. The van der Waals surface area contributed by atoms with Gasteiger partial charge in [0.15, 0.2) is 0 Å². The van der Waals surface area contributed by atoms with Crippen LogP contribution in [-0.4, -0.2) is 27.2 Å². The van der Waals surface area contributed by atoms with E-state index in [1.807, 2.05) is 6.92 Å². The zero-order chi connectivity index (χ0) is 12.1. The number of carbonyl (C=O) groups excluding carboxylic acids is 1. The number of hydrogen-bond acceptors (Lipinski definition) is 4. The molecule has 1 unspecified atom stereocenters. The van der Waals surface area contributed by atoms with E-state index in [0.717, 1.165) is 0 Å². The number of nitrogens with zero attached hydrogens (tertiary/aromatic N) is 1. The number of carboxylic acid groups (broad SMARTS) is 1. The summed E-state index contributed by atoms with van der Waals surface area (Å²) >= 11 is 1.24. The maximum atomic E-state index is 11.0. The molecule has 16 heavy (non-hydrogen) atoms. The molecule has 1 aromatic rings. The van der Waals surface area contributed by atoms with Crippen LogP contribution in [0.2, 0.25) is 0 Å². The molecule has 0 aromatic carbocycles. The van der Waals surface area contributed by atoms with Crippen molar-refractivity contribution in [3.8, 4) is 0 Å². The standard InChI is InChI=1S/C10H12N2O3S/c1-2-7(9(11)13)16-8-4-3-6(5-12-8)10(14)15/h3-5,7H,2H2,1H3,(H2,11,13)(H,14,15). The van der Waals surface area contributed by atoms with Gasteiger partial charge in [0, 0.05) is 6.20 Å². The van der Waals surface area contributed by atoms with Crippen LogP contribution in [0.25, 0.3) is 0 Å². The number of primary amides is 1. The molecule has 1 rings (SSSR count). The van der Waals surface area contributed by atoms with Gasteiger partial charge in [-0.1, -0.05) is 18.7 Å². The van der Waals surface area contributed by atoms with Gasteiger partial charge in [0.1, 0.15) is 0 Å². The summed E-state index contributed by atoms with van der Waals surface area (Å²) in [5.74, 6) is -1.41. The highest BCUT2D eigenvalue weighted by Gasteiger charge is 2.15. The van der Waals surface area contributed by atoms with Crippen LogP contribution < -0.4 is 5.73 Å². The minimum Gasteiger partial charge on any atom is -0.478 e. The minimum atomic E-state index is -1.02. The zero-order valence-corrected chi connectivity index (χ0v) is 9.53. The van der Waals surface area contributed by atoms with Gasteiger partial charge < -0.3 is 10.8 Å². The molecular weight excluding hydrogens is 228 g/mol. The fourth-order valence-electron chi connectivity index (χ4n) is 1.06. The van der Waals surface area contributed by atoms with E-state index < -0.39 is 11.9 Å². The molecule has 0 aliphatic heterocycles. The summed E-state index contributed by atoms with van der Waals surface area (Å²) in [5, 5.41) is 8.93. The lowest BCUT2D eigenvalue weighted by Crippen LogP contribution is -2.24. The van der Waals surface area contributed by atoms with Crippen LogP contribution in [-0.2, 0) is 4.79 Å². The summed E-state index contributed by atoms with van der Waals surface area (Å²) in [7, 11) is 0. The average molecular weight is 240 g/mol. The summed E-state index contributed by atoms with van der Waals surface area (Å²) in [6, 6.07) is 3.02. The van der Waals surface area contributed by atoms with Crippen molar-refractivity contribution in [1.82, 2.24) is 4.98 Å². The van der Waals surface area contributed by atoms with Gasteiger partial charge in [-0.25, -0.2) is 9.78 Å². The van der Waals surface area contributed by atoms with Crippen LogP contribution in [0.3, 0.4) is 0 Å². The molecule has 0 aliphatic carbocycles. The van der Waals surface area contributed by atoms with E-state index in [9.17, 15) is 9.59 Å². The number of carboxylic acids is 1. The molecule has 0 bridgehead atoms. The van der Waals surface area contributed by atoms with E-state index >= 15 is 0 Å². The van der Waals surface area contributed by atoms with Crippen molar-refractivity contribution in [3.63, 3.8) is 0 Å². The minimum absolute atomic E-state index is 0.122. The highest BCUT2D eigenvalue weighted by atomic mass is 32.2. The van der Waals surface area contributed by atoms with Gasteiger partial charge in [-0.2, -0.15) is 0 Å². The van der Waals surface area contributed by atoms with Gasteiger partial charge in [-0.15, -0.1) is 0 Å². The molecule has 1 aromatic heterocycles. The second-order valence-corrected chi connectivity index (χ2v) is 4.33. The van der Waals surface area contributed by atoms with Crippen LogP contribution >= 0.6 is 11.8 Å². The molecule has 86 valence electrons. The molecule has 1 atom stereocenters. The molecule has 5 nitrogen and oxygen atoms in total. The molecule has 0 fully saturated rings. The number of hydrogen-bond donors (Lipinski definition) is 2. The quantitative estimate of drug-likeness (QED) is 0.753. The third kappa shape index (κ3) is 3.23. The number of aromatic carboxylic acids is 1. The second-order valence-electron chi connectivity index (χ2n) is 3.11. The number of pyridine rings is 1. The molecule has 0 spiro atoms. The second kappa shape index (κ2) is 5.50. The SMILES string of the molecule is CCC(Sc1ccc(C(=O)O)cn1)C(N)=O. The summed E-state index contributed by atoms with van der Waals surface area (Å²) in [6.45, 7) is 1.86. The van der Waals surface area contributed by atoms with Gasteiger partial charge in [-0.3, -0.25) is 4.79 Å². The van der Waals surface area contributed by atoms with Gasteiger partial charge in [-0.05, 0) is 18.6 Å². The molecule has 0 aliphatic rings. The fourth-order valence-corrected chi connectivity index (χ4v) is 1.90. The Labute approximate surface area is 97.1 Å². The van der Waals surface area contributed by atoms with E-state index in [1.165, 1.54) is 24.0 Å². The van der Waals surface area contributed by atoms with Gasteiger partial charge >= 0.3 is 5.97 Å². The lowest BCUT2D eigenvalue weighted by molar-refractivity contribution is -0.117. The lowest BCUT2D eigenvalue weighted by atomic mass is 10.3. The number of carbonyl (C=O) groups is 2. The Bertz CT molecular complexity index is 392. The topological polar surface area (TPSA) is 93.3 Å². The number of amides is 1. The Kier molecular flexibility index (Phi) is 4.30. The van der Waals surface area contributed by atoms with Crippen molar-refractivity contribution in [2.45, 2.75) is 23.6 Å². The van der Waals surface area contributed by atoms with E-state index in [0.29, 0.717) is 11.4 Å². The highest BCUT2D eigenvalue weighted by Crippen LogP contribution is 2.23. The van der Waals surface area contributed by atoms with Gasteiger partial charge in [0.2, 0.25) is 5.91 Å². The highest BCUT2D eigenvalue weighted by molar-refractivity contribution is 8.00. The van der Waals surface area contributed by atoms with Crippen LogP contribution in [0, 0.1) is 0 Å². The first-order valence-corrected chi connectivity index (χ1v) is 5.58. The van der Waals surface area contributed by atoms with Crippen molar-refractivity contribution in [1.29, 1.82) is 0 Å². The van der Waals surface area contributed by atoms with Crippen molar-refractivity contribution in [2.75, 3.05) is 0 Å². The predicted octanol–water partition coefficient (Wildman–Crippen LogP) is 1.14. The maximum Gasteiger partial charge on any atom is 0.337 e. The molecule has 0 saturated heterocycles. The molecule has 0 radical (unpaired) electrons. The molecule has 1 amide bonds. The van der Waals surface area contributed by atoms with Crippen molar-refractivity contribution < 1.29 is 14.7 Å².